The predicted octanol–water partition coefficient (Wildman–Crippen LogP) is 4.90. The van der Waals surface area contributed by atoms with Gasteiger partial charge in [-0.1, -0.05) is 61.9 Å². The fraction of sp³-hybridized carbons (Fsp3) is 0.273. The van der Waals surface area contributed by atoms with Crippen LogP contribution in [0.15, 0.2) is 48.5 Å². The Balaban J connectivity index is 2.18. The smallest absolute Gasteiger partial charge is 0.252 e. The number of fused-ring (bicyclic) bond motifs is 1. The van der Waals surface area contributed by atoms with Crippen LogP contribution in [0.4, 0.5) is 0 Å². The zero-order valence-corrected chi connectivity index (χ0v) is 15.3. The Bertz CT molecular complexity index is 911. The normalized spacial score (nSPS) is 11.1. The fourth-order valence-electron chi connectivity index (χ4n) is 2.98. The molecule has 3 aromatic rings. The maximum atomic E-state index is 12.9. The maximum absolute atomic E-state index is 12.9. The summed E-state index contributed by atoms with van der Waals surface area (Å²) in [4.78, 5) is 17.7. The van der Waals surface area contributed by atoms with Gasteiger partial charge in [0.1, 0.15) is 0 Å². The Morgan fingerprint density at radius 1 is 1.04 bits per heavy atom. The van der Waals surface area contributed by atoms with Crippen molar-refractivity contribution >= 4 is 16.8 Å². The molecule has 128 valence electrons. The SMILES string of the molecule is Cc1ccc(-c2nc3ccccc3c(C(=O)NCC(C)C)c2C)cc1. The van der Waals surface area contributed by atoms with E-state index in [2.05, 4.69) is 50.4 Å². The number of pyridine rings is 1. The number of nitrogens with zero attached hydrogens (tertiary/aromatic N) is 1. The first kappa shape index (κ1) is 17.2. The minimum Gasteiger partial charge on any atom is -0.352 e. The zero-order chi connectivity index (χ0) is 18.0. The van der Waals surface area contributed by atoms with Crippen LogP contribution in [0.1, 0.15) is 35.3 Å². The number of carbonyl (C=O) groups is 1. The molecule has 0 atom stereocenters. The summed E-state index contributed by atoms with van der Waals surface area (Å²) in [7, 11) is 0. The van der Waals surface area contributed by atoms with Crippen LogP contribution >= 0.6 is 0 Å². The van der Waals surface area contributed by atoms with Crippen molar-refractivity contribution in [1.82, 2.24) is 10.3 Å². The molecule has 0 fully saturated rings. The lowest BCUT2D eigenvalue weighted by Crippen LogP contribution is -2.28. The largest absolute Gasteiger partial charge is 0.352 e. The average molecular weight is 332 g/mol. The van der Waals surface area contributed by atoms with Gasteiger partial charge >= 0.3 is 0 Å². The molecule has 0 aliphatic carbocycles. The zero-order valence-electron chi connectivity index (χ0n) is 15.3. The van der Waals surface area contributed by atoms with Crippen molar-refractivity contribution < 1.29 is 4.79 Å². The van der Waals surface area contributed by atoms with E-state index in [0.717, 1.165) is 33.3 Å². The van der Waals surface area contributed by atoms with Crippen molar-refractivity contribution in [2.45, 2.75) is 27.7 Å². The number of rotatable bonds is 4. The maximum Gasteiger partial charge on any atom is 0.252 e. The van der Waals surface area contributed by atoms with Gasteiger partial charge in [0.2, 0.25) is 0 Å². The molecule has 0 aliphatic heterocycles. The highest BCUT2D eigenvalue weighted by Crippen LogP contribution is 2.29. The molecule has 3 heteroatoms. The van der Waals surface area contributed by atoms with E-state index in [9.17, 15) is 4.79 Å². The highest BCUT2D eigenvalue weighted by molar-refractivity contribution is 6.08. The first-order valence-electron chi connectivity index (χ1n) is 8.72. The summed E-state index contributed by atoms with van der Waals surface area (Å²) in [6.07, 6.45) is 0. The van der Waals surface area contributed by atoms with Crippen molar-refractivity contribution in [3.63, 3.8) is 0 Å². The second-order valence-electron chi connectivity index (χ2n) is 6.95. The summed E-state index contributed by atoms with van der Waals surface area (Å²) in [5, 5.41) is 3.95. The van der Waals surface area contributed by atoms with Crippen molar-refractivity contribution in [2.75, 3.05) is 6.54 Å². The van der Waals surface area contributed by atoms with Crippen molar-refractivity contribution in [2.24, 2.45) is 5.92 Å². The third-order valence-electron chi connectivity index (χ3n) is 4.36. The molecule has 3 rings (SSSR count). The Hall–Kier alpha value is -2.68. The first-order chi connectivity index (χ1) is 12.0. The summed E-state index contributed by atoms with van der Waals surface area (Å²) in [6.45, 7) is 8.90. The van der Waals surface area contributed by atoms with Crippen LogP contribution in [0.3, 0.4) is 0 Å². The molecule has 0 radical (unpaired) electrons. The van der Waals surface area contributed by atoms with Crippen LogP contribution in [0.2, 0.25) is 0 Å². The Morgan fingerprint density at radius 2 is 1.72 bits per heavy atom. The van der Waals surface area contributed by atoms with Gasteiger partial charge in [-0.05, 0) is 31.4 Å². The highest BCUT2D eigenvalue weighted by atomic mass is 16.1. The van der Waals surface area contributed by atoms with Crippen molar-refractivity contribution in [3.8, 4) is 11.3 Å². The monoisotopic (exact) mass is 332 g/mol. The number of amides is 1. The number of nitrogens with one attached hydrogen (secondary N) is 1. The molecule has 1 amide bonds. The molecule has 0 bridgehead atoms. The molecule has 0 aliphatic rings. The number of benzene rings is 2. The van der Waals surface area contributed by atoms with Crippen LogP contribution in [0, 0.1) is 19.8 Å². The summed E-state index contributed by atoms with van der Waals surface area (Å²) in [6, 6.07) is 16.1. The minimum atomic E-state index is -0.0295. The molecular formula is C22H24N2O. The number of hydrogen-bond donors (Lipinski definition) is 1. The Labute approximate surface area is 149 Å². The van der Waals surface area contributed by atoms with Crippen LogP contribution in [-0.2, 0) is 0 Å². The van der Waals surface area contributed by atoms with Crippen molar-refractivity contribution in [1.29, 1.82) is 0 Å². The van der Waals surface area contributed by atoms with Gasteiger partial charge in [-0.3, -0.25) is 4.79 Å². The number of aryl methyl sites for hydroxylation is 1. The van der Waals surface area contributed by atoms with Crippen LogP contribution in [-0.4, -0.2) is 17.4 Å². The Kier molecular flexibility index (Phi) is 4.84. The molecule has 1 N–H and O–H groups in total. The number of carbonyl (C=O) groups excluding carboxylic acids is 1. The quantitative estimate of drug-likeness (QED) is 0.738. The number of para-hydroxylation sites is 1. The van der Waals surface area contributed by atoms with E-state index in [0.29, 0.717) is 12.5 Å². The van der Waals surface area contributed by atoms with Gasteiger partial charge in [0.25, 0.3) is 5.91 Å². The summed E-state index contributed by atoms with van der Waals surface area (Å²) in [5.41, 5.74) is 5.60. The van der Waals surface area contributed by atoms with E-state index in [1.807, 2.05) is 31.2 Å². The average Bonchev–Trinajstić information content (AvgIpc) is 2.60. The third kappa shape index (κ3) is 3.55. The first-order valence-corrected chi connectivity index (χ1v) is 8.72. The molecule has 0 spiro atoms. The van der Waals surface area contributed by atoms with Gasteiger partial charge < -0.3 is 5.32 Å². The van der Waals surface area contributed by atoms with Gasteiger partial charge in [0, 0.05) is 17.5 Å². The molecule has 3 nitrogen and oxygen atoms in total. The summed E-state index contributed by atoms with van der Waals surface area (Å²) >= 11 is 0. The highest BCUT2D eigenvalue weighted by Gasteiger charge is 2.18. The van der Waals surface area contributed by atoms with Crippen LogP contribution < -0.4 is 5.32 Å². The van der Waals surface area contributed by atoms with E-state index >= 15 is 0 Å². The molecule has 0 unspecified atom stereocenters. The van der Waals surface area contributed by atoms with E-state index in [-0.39, 0.29) is 5.91 Å². The molecular weight excluding hydrogens is 308 g/mol. The summed E-state index contributed by atoms with van der Waals surface area (Å²) in [5.74, 6) is 0.382. The van der Waals surface area contributed by atoms with Gasteiger partial charge in [0.15, 0.2) is 0 Å². The van der Waals surface area contributed by atoms with E-state index in [1.54, 1.807) is 0 Å². The van der Waals surface area contributed by atoms with Gasteiger partial charge in [0.05, 0.1) is 16.8 Å². The lowest BCUT2D eigenvalue weighted by Gasteiger charge is -2.15. The molecule has 2 aromatic carbocycles. The van der Waals surface area contributed by atoms with Crippen molar-refractivity contribution in [3.05, 3.63) is 65.2 Å². The number of hydrogen-bond acceptors (Lipinski definition) is 2. The van der Waals surface area contributed by atoms with E-state index in [4.69, 9.17) is 4.98 Å². The standard InChI is InChI=1S/C22H24N2O/c1-14(2)13-23-22(25)20-16(4)21(17-11-9-15(3)10-12-17)24-19-8-6-5-7-18(19)20/h5-12,14H,13H2,1-4H3,(H,23,25). The summed E-state index contributed by atoms with van der Waals surface area (Å²) < 4.78 is 0. The topological polar surface area (TPSA) is 42.0 Å². The molecule has 1 aromatic heterocycles. The molecule has 25 heavy (non-hydrogen) atoms. The predicted molar refractivity (Wildman–Crippen MR) is 104 cm³/mol. The van der Waals surface area contributed by atoms with Gasteiger partial charge in [-0.25, -0.2) is 4.98 Å². The molecule has 0 saturated carbocycles. The van der Waals surface area contributed by atoms with Crippen LogP contribution in [0.5, 0.6) is 0 Å². The molecule has 1 heterocycles. The van der Waals surface area contributed by atoms with Gasteiger partial charge in [-0.15, -0.1) is 0 Å². The fourth-order valence-corrected chi connectivity index (χ4v) is 2.98. The molecule has 0 saturated heterocycles. The second kappa shape index (κ2) is 7.06. The minimum absolute atomic E-state index is 0.0295. The van der Waals surface area contributed by atoms with E-state index < -0.39 is 0 Å². The number of aromatic nitrogens is 1. The third-order valence-corrected chi connectivity index (χ3v) is 4.36. The van der Waals surface area contributed by atoms with Crippen LogP contribution in [0.25, 0.3) is 22.2 Å². The Morgan fingerprint density at radius 3 is 2.40 bits per heavy atom. The lowest BCUT2D eigenvalue weighted by molar-refractivity contribution is 0.0950. The lowest BCUT2D eigenvalue weighted by atomic mass is 9.96. The van der Waals surface area contributed by atoms with E-state index in [1.165, 1.54) is 5.56 Å². The van der Waals surface area contributed by atoms with Gasteiger partial charge in [-0.2, -0.15) is 0 Å². The second-order valence-corrected chi connectivity index (χ2v) is 6.95.